The molecular weight excluding hydrogens is 250 g/mol. The van der Waals surface area contributed by atoms with Gasteiger partial charge >= 0.3 is 0 Å². The summed E-state index contributed by atoms with van der Waals surface area (Å²) in [7, 11) is 1.69. The van der Waals surface area contributed by atoms with Crippen LogP contribution in [0.1, 0.15) is 45.7 Å². The Labute approximate surface area is 123 Å². The second-order valence-corrected chi connectivity index (χ2v) is 5.37. The molecule has 0 saturated carbocycles. The molecule has 0 bridgehead atoms. The van der Waals surface area contributed by atoms with Crippen LogP contribution in [0.3, 0.4) is 0 Å². The Bertz CT molecular complexity index is 362. The molecule has 1 rings (SSSR count). The zero-order valence-corrected chi connectivity index (χ0v) is 13.5. The largest absolute Gasteiger partial charge is 0.497 e. The van der Waals surface area contributed by atoms with E-state index in [1.54, 1.807) is 7.11 Å². The van der Waals surface area contributed by atoms with Crippen molar-refractivity contribution in [3.8, 4) is 5.75 Å². The summed E-state index contributed by atoms with van der Waals surface area (Å²) in [6, 6.07) is 8.50. The van der Waals surface area contributed by atoms with Gasteiger partial charge in [0.15, 0.2) is 0 Å². The van der Waals surface area contributed by atoms with Gasteiger partial charge in [0, 0.05) is 6.61 Å². The lowest BCUT2D eigenvalue weighted by Crippen LogP contribution is -2.37. The van der Waals surface area contributed by atoms with Crippen molar-refractivity contribution in [2.75, 3.05) is 20.3 Å². The average molecular weight is 279 g/mol. The fraction of sp³-hybridized carbons (Fsp3) is 0.647. The van der Waals surface area contributed by atoms with Crippen LogP contribution in [0.5, 0.6) is 5.75 Å². The van der Waals surface area contributed by atoms with E-state index in [0.717, 1.165) is 25.3 Å². The Balaban J connectivity index is 2.95. The molecule has 3 nitrogen and oxygen atoms in total. The Morgan fingerprint density at radius 2 is 1.75 bits per heavy atom. The van der Waals surface area contributed by atoms with Crippen LogP contribution in [-0.2, 0) is 4.74 Å². The van der Waals surface area contributed by atoms with Gasteiger partial charge in [0.2, 0.25) is 0 Å². The summed E-state index contributed by atoms with van der Waals surface area (Å²) in [5, 5.41) is 3.62. The molecule has 3 heteroatoms. The molecule has 0 aromatic heterocycles. The SMILES string of the molecule is CCCNC(c1ccc(OC)cc1)C(OCC)C(C)C. The highest BCUT2D eigenvalue weighted by molar-refractivity contribution is 5.29. The maximum Gasteiger partial charge on any atom is 0.118 e. The van der Waals surface area contributed by atoms with E-state index in [9.17, 15) is 0 Å². The molecule has 0 aliphatic heterocycles. The molecule has 0 spiro atoms. The zero-order chi connectivity index (χ0) is 15.0. The van der Waals surface area contributed by atoms with Crippen molar-refractivity contribution in [2.24, 2.45) is 5.92 Å². The van der Waals surface area contributed by atoms with Crippen molar-refractivity contribution in [1.29, 1.82) is 0 Å². The summed E-state index contributed by atoms with van der Waals surface area (Å²) in [5.74, 6) is 1.35. The molecule has 1 aromatic rings. The van der Waals surface area contributed by atoms with Gasteiger partial charge in [-0.1, -0.05) is 32.9 Å². The second kappa shape index (κ2) is 8.98. The highest BCUT2D eigenvalue weighted by Crippen LogP contribution is 2.26. The number of rotatable bonds is 9. The van der Waals surface area contributed by atoms with Crippen LogP contribution in [0.2, 0.25) is 0 Å². The predicted molar refractivity (Wildman–Crippen MR) is 84.3 cm³/mol. The van der Waals surface area contributed by atoms with E-state index in [0.29, 0.717) is 5.92 Å². The van der Waals surface area contributed by atoms with Crippen LogP contribution in [0.25, 0.3) is 0 Å². The van der Waals surface area contributed by atoms with Crippen LogP contribution < -0.4 is 10.1 Å². The second-order valence-electron chi connectivity index (χ2n) is 5.37. The van der Waals surface area contributed by atoms with Gasteiger partial charge < -0.3 is 14.8 Å². The number of hydrogen-bond acceptors (Lipinski definition) is 3. The highest BCUT2D eigenvalue weighted by atomic mass is 16.5. The van der Waals surface area contributed by atoms with Crippen LogP contribution in [0, 0.1) is 5.92 Å². The minimum atomic E-state index is 0.181. The van der Waals surface area contributed by atoms with Crippen LogP contribution in [0.4, 0.5) is 0 Å². The topological polar surface area (TPSA) is 30.5 Å². The molecular formula is C17H29NO2. The van der Waals surface area contributed by atoms with Crippen molar-refractivity contribution in [1.82, 2.24) is 5.32 Å². The minimum Gasteiger partial charge on any atom is -0.497 e. The number of nitrogens with one attached hydrogen (secondary N) is 1. The molecule has 2 atom stereocenters. The third kappa shape index (κ3) is 4.80. The summed E-state index contributed by atoms with van der Waals surface area (Å²) in [4.78, 5) is 0. The molecule has 1 N–H and O–H groups in total. The molecule has 0 heterocycles. The van der Waals surface area contributed by atoms with Crippen LogP contribution in [-0.4, -0.2) is 26.4 Å². The van der Waals surface area contributed by atoms with Gasteiger partial charge in [0.25, 0.3) is 0 Å². The summed E-state index contributed by atoms with van der Waals surface area (Å²) in [6.45, 7) is 10.4. The van der Waals surface area contributed by atoms with Gasteiger partial charge in [0.1, 0.15) is 5.75 Å². The van der Waals surface area contributed by atoms with E-state index >= 15 is 0 Å². The lowest BCUT2D eigenvalue weighted by molar-refractivity contribution is 0.00283. The van der Waals surface area contributed by atoms with E-state index in [4.69, 9.17) is 9.47 Å². The minimum absolute atomic E-state index is 0.181. The molecule has 1 aromatic carbocycles. The summed E-state index contributed by atoms with van der Waals surface area (Å²) in [5.41, 5.74) is 1.26. The molecule has 0 amide bonds. The molecule has 20 heavy (non-hydrogen) atoms. The maximum atomic E-state index is 5.98. The van der Waals surface area contributed by atoms with Gasteiger partial charge in [0.05, 0.1) is 19.3 Å². The molecule has 0 aliphatic rings. The fourth-order valence-corrected chi connectivity index (χ4v) is 2.40. The Morgan fingerprint density at radius 1 is 1.10 bits per heavy atom. The van der Waals surface area contributed by atoms with E-state index in [1.165, 1.54) is 5.56 Å². The van der Waals surface area contributed by atoms with Crippen molar-refractivity contribution in [3.63, 3.8) is 0 Å². The standard InChI is InChI=1S/C17H29NO2/c1-6-12-18-16(17(13(3)4)20-7-2)14-8-10-15(19-5)11-9-14/h8-11,13,16-18H,6-7,12H2,1-5H3. The highest BCUT2D eigenvalue weighted by Gasteiger charge is 2.26. The fourth-order valence-electron chi connectivity index (χ4n) is 2.40. The summed E-state index contributed by atoms with van der Waals surface area (Å²) in [6.07, 6.45) is 1.30. The van der Waals surface area contributed by atoms with Gasteiger partial charge in [-0.2, -0.15) is 0 Å². The van der Waals surface area contributed by atoms with Crippen LogP contribution in [0.15, 0.2) is 24.3 Å². The first-order valence-electron chi connectivity index (χ1n) is 7.62. The Kier molecular flexibility index (Phi) is 7.63. The first kappa shape index (κ1) is 17.0. The maximum absolute atomic E-state index is 5.98. The average Bonchev–Trinajstić information content (AvgIpc) is 2.46. The quantitative estimate of drug-likeness (QED) is 0.746. The van der Waals surface area contributed by atoms with E-state index < -0.39 is 0 Å². The molecule has 0 radical (unpaired) electrons. The number of benzene rings is 1. The lowest BCUT2D eigenvalue weighted by atomic mass is 9.93. The number of methoxy groups -OCH3 is 1. The van der Waals surface area contributed by atoms with E-state index in [-0.39, 0.29) is 12.1 Å². The van der Waals surface area contributed by atoms with E-state index in [2.05, 4.69) is 45.1 Å². The van der Waals surface area contributed by atoms with Gasteiger partial charge in [-0.3, -0.25) is 0 Å². The molecule has 0 fully saturated rings. The normalized spacial score (nSPS) is 14.3. The van der Waals surface area contributed by atoms with Crippen molar-refractivity contribution < 1.29 is 9.47 Å². The Morgan fingerprint density at radius 3 is 2.20 bits per heavy atom. The number of hydrogen-bond donors (Lipinski definition) is 1. The third-order valence-corrected chi connectivity index (χ3v) is 3.43. The smallest absolute Gasteiger partial charge is 0.118 e. The van der Waals surface area contributed by atoms with Crippen molar-refractivity contribution in [2.45, 2.75) is 46.3 Å². The molecule has 0 saturated heterocycles. The molecule has 0 aliphatic carbocycles. The predicted octanol–water partition coefficient (Wildman–Crippen LogP) is 3.80. The lowest BCUT2D eigenvalue weighted by Gasteiger charge is -2.31. The summed E-state index contributed by atoms with van der Waals surface area (Å²) >= 11 is 0. The van der Waals surface area contributed by atoms with Gasteiger partial charge in [-0.25, -0.2) is 0 Å². The third-order valence-electron chi connectivity index (χ3n) is 3.43. The van der Waals surface area contributed by atoms with Gasteiger partial charge in [-0.15, -0.1) is 0 Å². The van der Waals surface area contributed by atoms with Crippen molar-refractivity contribution in [3.05, 3.63) is 29.8 Å². The first-order valence-corrected chi connectivity index (χ1v) is 7.62. The zero-order valence-electron chi connectivity index (χ0n) is 13.5. The van der Waals surface area contributed by atoms with Gasteiger partial charge in [-0.05, 0) is 43.5 Å². The van der Waals surface area contributed by atoms with Crippen LogP contribution >= 0.6 is 0 Å². The summed E-state index contributed by atoms with van der Waals surface area (Å²) < 4.78 is 11.2. The molecule has 2 unspecified atom stereocenters. The van der Waals surface area contributed by atoms with Crippen molar-refractivity contribution >= 4 is 0 Å². The first-order chi connectivity index (χ1) is 9.63. The molecule has 114 valence electrons. The van der Waals surface area contributed by atoms with E-state index in [1.807, 2.05) is 12.1 Å². The monoisotopic (exact) mass is 279 g/mol. The Hall–Kier alpha value is -1.06. The number of ether oxygens (including phenoxy) is 2.